The van der Waals surface area contributed by atoms with Gasteiger partial charge in [0, 0.05) is 44.1 Å². The summed E-state index contributed by atoms with van der Waals surface area (Å²) >= 11 is 0. The van der Waals surface area contributed by atoms with Gasteiger partial charge in [0.25, 0.3) is 0 Å². The Balaban J connectivity index is 1.42. The van der Waals surface area contributed by atoms with Crippen LogP contribution >= 0.6 is 0 Å². The summed E-state index contributed by atoms with van der Waals surface area (Å²) in [5.74, 6) is 2.30. The topological polar surface area (TPSA) is 85.2 Å². The summed E-state index contributed by atoms with van der Waals surface area (Å²) in [6.07, 6.45) is 11.8. The molecule has 0 bridgehead atoms. The first kappa shape index (κ1) is 20.8. The third-order valence-corrected chi connectivity index (χ3v) is 5.60. The van der Waals surface area contributed by atoms with E-state index in [1.165, 1.54) is 6.42 Å². The van der Waals surface area contributed by atoms with Crippen molar-refractivity contribution in [1.29, 1.82) is 0 Å². The lowest BCUT2D eigenvalue weighted by atomic mass is 10.1. The molecule has 0 radical (unpaired) electrons. The number of anilines is 1. The molecule has 1 fully saturated rings. The zero-order valence-corrected chi connectivity index (χ0v) is 17.8. The second-order valence-electron chi connectivity index (χ2n) is 7.71. The molecule has 0 saturated carbocycles. The van der Waals surface area contributed by atoms with Crippen LogP contribution in [0.3, 0.4) is 0 Å². The number of aromatic nitrogens is 4. The highest BCUT2D eigenvalue weighted by Gasteiger charge is 2.25. The lowest BCUT2D eigenvalue weighted by Crippen LogP contribution is -2.39. The van der Waals surface area contributed by atoms with Gasteiger partial charge in [0.05, 0.1) is 7.11 Å². The zero-order valence-electron chi connectivity index (χ0n) is 17.8. The lowest BCUT2D eigenvalue weighted by Gasteiger charge is -2.31. The van der Waals surface area contributed by atoms with Gasteiger partial charge >= 0.3 is 0 Å². The van der Waals surface area contributed by atoms with E-state index in [0.29, 0.717) is 18.9 Å². The van der Waals surface area contributed by atoms with Gasteiger partial charge < -0.3 is 15.0 Å². The number of methoxy groups -OCH3 is 1. The Morgan fingerprint density at radius 2 is 2.03 bits per heavy atom. The molecule has 3 aromatic rings. The molecular weight excluding hydrogens is 392 g/mol. The van der Waals surface area contributed by atoms with Crippen LogP contribution in [0.1, 0.15) is 37.7 Å². The van der Waals surface area contributed by atoms with Gasteiger partial charge in [0.2, 0.25) is 11.9 Å². The Morgan fingerprint density at radius 3 is 2.81 bits per heavy atom. The fourth-order valence-electron chi connectivity index (χ4n) is 3.92. The SMILES string of the molecule is COc1ccc(CNC(=O)CC2CCCCCN2c2ccnc(-n3ccnc3)n2)cc1. The number of carbonyl (C=O) groups is 1. The van der Waals surface area contributed by atoms with Crippen LogP contribution in [-0.2, 0) is 11.3 Å². The Hall–Kier alpha value is -3.42. The highest BCUT2D eigenvalue weighted by Crippen LogP contribution is 2.25. The largest absolute Gasteiger partial charge is 0.497 e. The molecule has 0 aliphatic carbocycles. The molecule has 1 unspecified atom stereocenters. The maximum absolute atomic E-state index is 12.7. The van der Waals surface area contributed by atoms with E-state index in [9.17, 15) is 4.79 Å². The quantitative estimate of drug-likeness (QED) is 0.632. The summed E-state index contributed by atoms with van der Waals surface area (Å²) in [6, 6.07) is 9.78. The summed E-state index contributed by atoms with van der Waals surface area (Å²) in [7, 11) is 1.64. The molecule has 0 spiro atoms. The Labute approximate surface area is 182 Å². The van der Waals surface area contributed by atoms with Crippen LogP contribution in [0.2, 0.25) is 0 Å². The van der Waals surface area contributed by atoms with Crippen LogP contribution in [-0.4, -0.2) is 45.1 Å². The lowest BCUT2D eigenvalue weighted by molar-refractivity contribution is -0.121. The number of hydrogen-bond donors (Lipinski definition) is 1. The van der Waals surface area contributed by atoms with Gasteiger partial charge in [-0.3, -0.25) is 9.36 Å². The molecular formula is C23H28N6O2. The number of nitrogens with zero attached hydrogens (tertiary/aromatic N) is 5. The summed E-state index contributed by atoms with van der Waals surface area (Å²) in [5, 5.41) is 3.06. The first-order valence-corrected chi connectivity index (χ1v) is 10.7. The van der Waals surface area contributed by atoms with E-state index in [2.05, 4.69) is 20.2 Å². The molecule has 162 valence electrons. The highest BCUT2D eigenvalue weighted by molar-refractivity contribution is 5.77. The number of hydrogen-bond acceptors (Lipinski definition) is 6. The second kappa shape index (κ2) is 10.1. The Bertz CT molecular complexity index is 974. The number of rotatable bonds is 7. The van der Waals surface area contributed by atoms with Gasteiger partial charge in [-0.15, -0.1) is 0 Å². The third-order valence-electron chi connectivity index (χ3n) is 5.60. The minimum Gasteiger partial charge on any atom is -0.497 e. The first-order valence-electron chi connectivity index (χ1n) is 10.7. The summed E-state index contributed by atoms with van der Waals surface area (Å²) in [5.41, 5.74) is 1.05. The molecule has 8 heteroatoms. The van der Waals surface area contributed by atoms with Crippen molar-refractivity contribution in [3.05, 3.63) is 60.8 Å². The van der Waals surface area contributed by atoms with Gasteiger partial charge in [0.1, 0.15) is 17.9 Å². The summed E-state index contributed by atoms with van der Waals surface area (Å²) in [4.78, 5) is 28.2. The average Bonchev–Trinajstić information content (AvgIpc) is 3.25. The molecule has 1 aliphatic rings. The van der Waals surface area contributed by atoms with Gasteiger partial charge in [0.15, 0.2) is 0 Å². The molecule has 1 atom stereocenters. The number of amides is 1. The fraction of sp³-hybridized carbons (Fsp3) is 0.391. The van der Waals surface area contributed by atoms with Crippen LogP contribution in [0.15, 0.2) is 55.2 Å². The van der Waals surface area contributed by atoms with E-state index in [1.807, 2.05) is 36.5 Å². The summed E-state index contributed by atoms with van der Waals surface area (Å²) < 4.78 is 6.97. The van der Waals surface area contributed by atoms with E-state index < -0.39 is 0 Å². The van der Waals surface area contributed by atoms with Gasteiger partial charge in [-0.05, 0) is 36.6 Å². The van der Waals surface area contributed by atoms with E-state index >= 15 is 0 Å². The van der Waals surface area contributed by atoms with E-state index in [0.717, 1.165) is 42.9 Å². The van der Waals surface area contributed by atoms with Crippen molar-refractivity contribution >= 4 is 11.7 Å². The molecule has 8 nitrogen and oxygen atoms in total. The molecule has 31 heavy (non-hydrogen) atoms. The summed E-state index contributed by atoms with van der Waals surface area (Å²) in [6.45, 7) is 1.39. The zero-order chi connectivity index (χ0) is 21.5. The van der Waals surface area contributed by atoms with E-state index in [4.69, 9.17) is 9.72 Å². The molecule has 1 saturated heterocycles. The van der Waals surface area contributed by atoms with Crippen LogP contribution in [0, 0.1) is 0 Å². The number of carbonyl (C=O) groups excluding carboxylic acids is 1. The van der Waals surface area contributed by atoms with Gasteiger partial charge in [-0.1, -0.05) is 25.0 Å². The number of ether oxygens (including phenoxy) is 1. The van der Waals surface area contributed by atoms with Crippen LogP contribution in [0.25, 0.3) is 5.95 Å². The molecule has 1 N–H and O–H groups in total. The molecule has 1 amide bonds. The maximum atomic E-state index is 12.7. The van der Waals surface area contributed by atoms with Crippen molar-refractivity contribution in [3.63, 3.8) is 0 Å². The first-order chi connectivity index (χ1) is 15.2. The van der Waals surface area contributed by atoms with E-state index in [1.54, 1.807) is 30.4 Å². The molecule has 3 heterocycles. The smallest absolute Gasteiger partial charge is 0.236 e. The average molecular weight is 421 g/mol. The molecule has 2 aromatic heterocycles. The fourth-order valence-corrected chi connectivity index (χ4v) is 3.92. The molecule has 4 rings (SSSR count). The van der Waals surface area contributed by atoms with Crippen molar-refractivity contribution < 1.29 is 9.53 Å². The van der Waals surface area contributed by atoms with Crippen LogP contribution < -0.4 is 15.0 Å². The predicted molar refractivity (Wildman–Crippen MR) is 118 cm³/mol. The standard InChI is InChI=1S/C23H28N6O2/c1-31-20-8-6-18(7-9-20)16-26-22(30)15-19-5-3-2-4-13-29(19)21-10-11-25-23(27-21)28-14-12-24-17-28/h6-12,14,17,19H,2-5,13,15-16H2,1H3,(H,26,30). The van der Waals surface area contributed by atoms with Crippen molar-refractivity contribution in [2.75, 3.05) is 18.6 Å². The van der Waals surface area contributed by atoms with Crippen LogP contribution in [0.5, 0.6) is 5.75 Å². The number of nitrogens with one attached hydrogen (secondary N) is 1. The van der Waals surface area contributed by atoms with Crippen molar-refractivity contribution in [1.82, 2.24) is 24.8 Å². The molecule has 1 aliphatic heterocycles. The Kier molecular flexibility index (Phi) is 6.76. The van der Waals surface area contributed by atoms with Crippen molar-refractivity contribution in [2.24, 2.45) is 0 Å². The minimum atomic E-state index is 0.0524. The maximum Gasteiger partial charge on any atom is 0.236 e. The third kappa shape index (κ3) is 5.39. The Morgan fingerprint density at radius 1 is 1.16 bits per heavy atom. The number of imidazole rings is 1. The van der Waals surface area contributed by atoms with Crippen molar-refractivity contribution in [2.45, 2.75) is 44.7 Å². The van der Waals surface area contributed by atoms with Crippen molar-refractivity contribution in [3.8, 4) is 11.7 Å². The van der Waals surface area contributed by atoms with Gasteiger partial charge in [-0.25, -0.2) is 9.97 Å². The monoisotopic (exact) mass is 420 g/mol. The normalized spacial score (nSPS) is 16.5. The molecule has 1 aromatic carbocycles. The van der Waals surface area contributed by atoms with E-state index in [-0.39, 0.29) is 11.9 Å². The second-order valence-corrected chi connectivity index (χ2v) is 7.71. The minimum absolute atomic E-state index is 0.0524. The number of benzene rings is 1. The predicted octanol–water partition coefficient (Wildman–Crippen LogP) is 3.13. The highest BCUT2D eigenvalue weighted by atomic mass is 16.5. The van der Waals surface area contributed by atoms with Gasteiger partial charge in [-0.2, -0.15) is 4.98 Å². The van der Waals surface area contributed by atoms with Crippen LogP contribution in [0.4, 0.5) is 5.82 Å².